The molecule has 1 aromatic heterocycles. The number of hydrogen-bond acceptors (Lipinski definition) is 3. The number of carboxylic acid groups (broad SMARTS) is 1. The van der Waals surface area contributed by atoms with Gasteiger partial charge in [-0.3, -0.25) is 9.59 Å². The van der Waals surface area contributed by atoms with Gasteiger partial charge >= 0.3 is 5.97 Å². The zero-order chi connectivity index (χ0) is 17.8. The number of benzene rings is 2. The van der Waals surface area contributed by atoms with Crippen LogP contribution in [0.4, 0.5) is 5.69 Å². The third-order valence-corrected chi connectivity index (χ3v) is 3.92. The summed E-state index contributed by atoms with van der Waals surface area (Å²) in [5, 5.41) is 12.0. The van der Waals surface area contributed by atoms with Crippen molar-refractivity contribution in [1.82, 2.24) is 9.97 Å². The number of fused-ring (bicyclic) bond motifs is 1. The van der Waals surface area contributed by atoms with E-state index in [-0.39, 0.29) is 18.7 Å². The Hall–Kier alpha value is -2.86. The number of aromatic amines is 1. The first-order chi connectivity index (χ1) is 12.0. The summed E-state index contributed by atoms with van der Waals surface area (Å²) in [5.41, 5.74) is 3.23. The molecule has 0 saturated carbocycles. The molecule has 0 bridgehead atoms. The van der Waals surface area contributed by atoms with Crippen molar-refractivity contribution in [3.63, 3.8) is 0 Å². The Labute approximate surface area is 148 Å². The molecule has 0 fully saturated rings. The number of rotatable bonds is 6. The van der Waals surface area contributed by atoms with Crippen LogP contribution in [0.5, 0.6) is 0 Å². The molecule has 0 atom stereocenters. The predicted octanol–water partition coefficient (Wildman–Crippen LogP) is 4.08. The summed E-state index contributed by atoms with van der Waals surface area (Å²) in [6.45, 7) is 0. The summed E-state index contributed by atoms with van der Waals surface area (Å²) in [5.74, 6) is -0.381. The average Bonchev–Trinajstić information content (AvgIpc) is 2.98. The summed E-state index contributed by atoms with van der Waals surface area (Å²) >= 11 is 5.98. The van der Waals surface area contributed by atoms with Gasteiger partial charge in [-0.25, -0.2) is 4.98 Å². The number of amides is 1. The van der Waals surface area contributed by atoms with Crippen LogP contribution in [-0.4, -0.2) is 27.0 Å². The molecule has 0 saturated heterocycles. The van der Waals surface area contributed by atoms with Crippen molar-refractivity contribution in [2.24, 2.45) is 0 Å². The lowest BCUT2D eigenvalue weighted by Gasteiger charge is -2.05. The molecule has 6 nitrogen and oxygen atoms in total. The van der Waals surface area contributed by atoms with Crippen molar-refractivity contribution in [3.8, 4) is 11.4 Å². The fourth-order valence-corrected chi connectivity index (χ4v) is 2.63. The number of imidazole rings is 1. The first kappa shape index (κ1) is 17.0. The highest BCUT2D eigenvalue weighted by Gasteiger charge is 2.07. The minimum atomic E-state index is -0.899. The van der Waals surface area contributed by atoms with E-state index in [9.17, 15) is 9.59 Å². The summed E-state index contributed by atoms with van der Waals surface area (Å²) < 4.78 is 0. The second-order valence-electron chi connectivity index (χ2n) is 5.62. The van der Waals surface area contributed by atoms with Crippen LogP contribution in [0, 0.1) is 0 Å². The maximum absolute atomic E-state index is 11.8. The Bertz CT molecular complexity index is 919. The monoisotopic (exact) mass is 357 g/mol. The minimum Gasteiger partial charge on any atom is -0.481 e. The van der Waals surface area contributed by atoms with Gasteiger partial charge in [-0.05, 0) is 48.9 Å². The van der Waals surface area contributed by atoms with Crippen molar-refractivity contribution in [2.75, 3.05) is 5.32 Å². The number of hydrogen-bond donors (Lipinski definition) is 3. The molecular formula is C18H16ClN3O3. The lowest BCUT2D eigenvalue weighted by atomic mass is 10.2. The standard InChI is InChI=1S/C18H16ClN3O3/c19-12-6-9-14-15(10-12)22-18(21-14)11-4-7-13(8-5-11)20-16(23)2-1-3-17(24)25/h4-10H,1-3H2,(H,20,23)(H,21,22)(H,24,25). The fourth-order valence-electron chi connectivity index (χ4n) is 2.45. The first-order valence-electron chi connectivity index (χ1n) is 7.78. The van der Waals surface area contributed by atoms with Gasteiger partial charge in [0.2, 0.25) is 5.91 Å². The van der Waals surface area contributed by atoms with Gasteiger partial charge in [0.1, 0.15) is 5.82 Å². The smallest absolute Gasteiger partial charge is 0.303 e. The lowest BCUT2D eigenvalue weighted by Crippen LogP contribution is -2.11. The first-order valence-corrected chi connectivity index (χ1v) is 8.16. The summed E-state index contributed by atoms with van der Waals surface area (Å²) in [6.07, 6.45) is 0.488. The maximum Gasteiger partial charge on any atom is 0.303 e. The Morgan fingerprint density at radius 2 is 1.88 bits per heavy atom. The third kappa shape index (κ3) is 4.36. The molecule has 0 aliphatic carbocycles. The number of carbonyl (C=O) groups excluding carboxylic acids is 1. The molecule has 25 heavy (non-hydrogen) atoms. The van der Waals surface area contributed by atoms with Crippen LogP contribution >= 0.6 is 11.6 Å². The Morgan fingerprint density at radius 1 is 1.12 bits per heavy atom. The van der Waals surface area contributed by atoms with Crippen LogP contribution in [-0.2, 0) is 9.59 Å². The van der Waals surface area contributed by atoms with Gasteiger partial charge < -0.3 is 15.4 Å². The molecule has 7 heteroatoms. The van der Waals surface area contributed by atoms with E-state index in [2.05, 4.69) is 15.3 Å². The molecule has 0 radical (unpaired) electrons. The van der Waals surface area contributed by atoms with Crippen LogP contribution in [0.2, 0.25) is 5.02 Å². The molecule has 3 rings (SSSR count). The Kier molecular flexibility index (Phi) is 5.00. The van der Waals surface area contributed by atoms with Gasteiger partial charge in [0.25, 0.3) is 0 Å². The number of carboxylic acids is 1. The van der Waals surface area contributed by atoms with Crippen LogP contribution in [0.15, 0.2) is 42.5 Å². The molecule has 0 aliphatic rings. The molecule has 1 amide bonds. The number of aromatic nitrogens is 2. The van der Waals surface area contributed by atoms with Gasteiger partial charge in [0, 0.05) is 29.1 Å². The number of nitrogens with zero attached hydrogens (tertiary/aromatic N) is 1. The van der Waals surface area contributed by atoms with Gasteiger partial charge in [-0.1, -0.05) is 11.6 Å². The number of H-pyrrole nitrogens is 1. The van der Waals surface area contributed by atoms with Crippen LogP contribution in [0.1, 0.15) is 19.3 Å². The molecule has 0 spiro atoms. The van der Waals surface area contributed by atoms with Gasteiger partial charge in [-0.2, -0.15) is 0 Å². The third-order valence-electron chi connectivity index (χ3n) is 3.68. The SMILES string of the molecule is O=C(O)CCCC(=O)Nc1ccc(-c2nc3ccc(Cl)cc3[nH]2)cc1. The van der Waals surface area contributed by atoms with E-state index in [0.29, 0.717) is 17.1 Å². The number of carbonyl (C=O) groups is 2. The second-order valence-corrected chi connectivity index (χ2v) is 6.06. The molecule has 3 N–H and O–H groups in total. The molecule has 3 aromatic rings. The molecule has 0 aliphatic heterocycles. The van der Waals surface area contributed by atoms with Crippen molar-refractivity contribution < 1.29 is 14.7 Å². The highest BCUT2D eigenvalue weighted by atomic mass is 35.5. The van der Waals surface area contributed by atoms with Crippen molar-refractivity contribution in [1.29, 1.82) is 0 Å². The topological polar surface area (TPSA) is 95.1 Å². The van der Waals surface area contributed by atoms with Gasteiger partial charge in [-0.15, -0.1) is 0 Å². The molecule has 128 valence electrons. The predicted molar refractivity (Wildman–Crippen MR) is 96.7 cm³/mol. The molecule has 2 aromatic carbocycles. The number of aliphatic carboxylic acids is 1. The number of anilines is 1. The summed E-state index contributed by atoms with van der Waals surface area (Å²) in [4.78, 5) is 29.9. The molecular weight excluding hydrogens is 342 g/mol. The van der Waals surface area contributed by atoms with Gasteiger partial charge in [0.05, 0.1) is 11.0 Å². The van der Waals surface area contributed by atoms with Crippen LogP contribution < -0.4 is 5.32 Å². The Morgan fingerprint density at radius 3 is 2.60 bits per heavy atom. The summed E-state index contributed by atoms with van der Waals surface area (Å²) in [7, 11) is 0. The van der Waals surface area contributed by atoms with Crippen LogP contribution in [0.25, 0.3) is 22.4 Å². The van der Waals surface area contributed by atoms with Crippen LogP contribution in [0.3, 0.4) is 0 Å². The zero-order valence-corrected chi connectivity index (χ0v) is 14.0. The number of nitrogens with one attached hydrogen (secondary N) is 2. The van der Waals surface area contributed by atoms with Crippen molar-refractivity contribution in [3.05, 3.63) is 47.5 Å². The summed E-state index contributed by atoms with van der Waals surface area (Å²) in [6, 6.07) is 12.7. The van der Waals surface area contributed by atoms with Crippen molar-refractivity contribution in [2.45, 2.75) is 19.3 Å². The average molecular weight is 358 g/mol. The van der Waals surface area contributed by atoms with E-state index in [1.165, 1.54) is 0 Å². The fraction of sp³-hybridized carbons (Fsp3) is 0.167. The molecule has 0 unspecified atom stereocenters. The van der Waals surface area contributed by atoms with E-state index in [4.69, 9.17) is 16.7 Å². The Balaban J connectivity index is 1.66. The lowest BCUT2D eigenvalue weighted by molar-refractivity contribution is -0.137. The second kappa shape index (κ2) is 7.36. The minimum absolute atomic E-state index is 0.0115. The van der Waals surface area contributed by atoms with Crippen molar-refractivity contribution >= 4 is 40.2 Å². The highest BCUT2D eigenvalue weighted by Crippen LogP contribution is 2.24. The van der Waals surface area contributed by atoms with E-state index in [1.807, 2.05) is 24.3 Å². The van der Waals surface area contributed by atoms with E-state index >= 15 is 0 Å². The highest BCUT2D eigenvalue weighted by molar-refractivity contribution is 6.31. The molecule has 1 heterocycles. The zero-order valence-electron chi connectivity index (χ0n) is 13.3. The van der Waals surface area contributed by atoms with E-state index in [1.54, 1.807) is 18.2 Å². The largest absolute Gasteiger partial charge is 0.481 e. The van der Waals surface area contributed by atoms with E-state index < -0.39 is 5.97 Å². The van der Waals surface area contributed by atoms with Gasteiger partial charge in [0.15, 0.2) is 0 Å². The normalized spacial score (nSPS) is 10.8. The quantitative estimate of drug-likeness (QED) is 0.619. The maximum atomic E-state index is 11.8. The number of halogens is 1. The van der Waals surface area contributed by atoms with E-state index in [0.717, 1.165) is 22.4 Å².